The first-order valence-corrected chi connectivity index (χ1v) is 11.1. The molecule has 0 radical (unpaired) electrons. The first-order valence-electron chi connectivity index (χ1n) is 9.27. The third kappa shape index (κ3) is 5.80. The summed E-state index contributed by atoms with van der Waals surface area (Å²) in [6.07, 6.45) is -4.37. The van der Waals surface area contributed by atoms with E-state index in [1.54, 1.807) is 17.8 Å². The molecule has 0 saturated heterocycles. The van der Waals surface area contributed by atoms with E-state index in [1.165, 1.54) is 30.4 Å². The fourth-order valence-electron chi connectivity index (χ4n) is 2.96. The highest BCUT2D eigenvalue weighted by molar-refractivity contribution is 7.98. The van der Waals surface area contributed by atoms with Gasteiger partial charge in [0.15, 0.2) is 6.61 Å². The average molecular weight is 468 g/mol. The normalized spacial score (nSPS) is 11.5. The topological polar surface area (TPSA) is 59.4 Å². The standard InChI is InChI=1S/C22H20F3NO3S2/c1-12-8-15(4-6-17(12)22(23,24)25)21-26-14(3)19(31-21)11-30-16-5-7-18(13(2)9-16)29-10-20(27)28/h4-9H,10-11H2,1-3H3,(H,27,28). The van der Waals surface area contributed by atoms with Crippen molar-refractivity contribution < 1.29 is 27.8 Å². The lowest BCUT2D eigenvalue weighted by Crippen LogP contribution is -2.09. The summed E-state index contributed by atoms with van der Waals surface area (Å²) in [6.45, 7) is 4.81. The molecule has 0 unspecified atom stereocenters. The van der Waals surface area contributed by atoms with Crippen LogP contribution in [0, 0.1) is 20.8 Å². The molecule has 0 atom stereocenters. The number of halogens is 3. The Balaban J connectivity index is 1.71. The number of hydrogen-bond acceptors (Lipinski definition) is 5. The molecule has 3 rings (SSSR count). The predicted octanol–water partition coefficient (Wildman–Crippen LogP) is 6.51. The fourth-order valence-corrected chi connectivity index (χ4v) is 5.16. The summed E-state index contributed by atoms with van der Waals surface area (Å²) in [5, 5.41) is 9.41. The number of aliphatic carboxylic acids is 1. The van der Waals surface area contributed by atoms with E-state index in [1.807, 2.05) is 26.0 Å². The lowest BCUT2D eigenvalue weighted by Gasteiger charge is -2.10. The van der Waals surface area contributed by atoms with Crippen molar-refractivity contribution in [2.75, 3.05) is 6.61 Å². The summed E-state index contributed by atoms with van der Waals surface area (Å²) in [5.74, 6) is 0.163. The molecule has 4 nitrogen and oxygen atoms in total. The zero-order chi connectivity index (χ0) is 22.8. The summed E-state index contributed by atoms with van der Waals surface area (Å²) in [6, 6.07) is 9.63. The van der Waals surface area contributed by atoms with Gasteiger partial charge in [0.05, 0.1) is 11.3 Å². The molecule has 1 aromatic heterocycles. The van der Waals surface area contributed by atoms with Gasteiger partial charge in [0.25, 0.3) is 0 Å². The van der Waals surface area contributed by atoms with Crippen LogP contribution in [0.1, 0.15) is 27.3 Å². The molecule has 0 bridgehead atoms. The maximum absolute atomic E-state index is 13.0. The summed E-state index contributed by atoms with van der Waals surface area (Å²) in [7, 11) is 0. The number of carboxylic acid groups (broad SMARTS) is 1. The third-order valence-corrected chi connectivity index (χ3v) is 6.95. The Morgan fingerprint density at radius 1 is 1.13 bits per heavy atom. The highest BCUT2D eigenvalue weighted by atomic mass is 32.2. The number of thioether (sulfide) groups is 1. The van der Waals surface area contributed by atoms with Crippen molar-refractivity contribution in [3.05, 3.63) is 63.7 Å². The Bertz CT molecular complexity index is 1110. The SMILES string of the molecule is Cc1cc(SCc2sc(-c3ccc(C(F)(F)F)c(C)c3)nc2C)ccc1OCC(=O)O. The number of aryl methyl sites for hydroxylation is 3. The lowest BCUT2D eigenvalue weighted by molar-refractivity contribution is -0.139. The van der Waals surface area contributed by atoms with E-state index >= 15 is 0 Å². The molecule has 0 amide bonds. The van der Waals surface area contributed by atoms with Crippen molar-refractivity contribution in [1.82, 2.24) is 4.98 Å². The number of carboxylic acids is 1. The highest BCUT2D eigenvalue weighted by Crippen LogP contribution is 2.37. The molecule has 0 aliphatic rings. The Hall–Kier alpha value is -2.52. The molecule has 0 saturated carbocycles. The van der Waals surface area contributed by atoms with Crippen molar-refractivity contribution in [1.29, 1.82) is 0 Å². The van der Waals surface area contributed by atoms with Crippen molar-refractivity contribution >= 4 is 29.1 Å². The van der Waals surface area contributed by atoms with Gasteiger partial charge in [-0.05, 0) is 62.2 Å². The Morgan fingerprint density at radius 3 is 2.48 bits per heavy atom. The minimum absolute atomic E-state index is 0.175. The van der Waals surface area contributed by atoms with Crippen LogP contribution in [0.4, 0.5) is 13.2 Å². The van der Waals surface area contributed by atoms with Gasteiger partial charge < -0.3 is 9.84 Å². The average Bonchev–Trinajstić information content (AvgIpc) is 3.05. The smallest absolute Gasteiger partial charge is 0.416 e. The number of carbonyl (C=O) groups is 1. The monoisotopic (exact) mass is 467 g/mol. The molecule has 3 aromatic rings. The minimum Gasteiger partial charge on any atom is -0.482 e. The minimum atomic E-state index is -4.37. The zero-order valence-corrected chi connectivity index (χ0v) is 18.7. The van der Waals surface area contributed by atoms with E-state index in [9.17, 15) is 18.0 Å². The van der Waals surface area contributed by atoms with Gasteiger partial charge in [0.1, 0.15) is 10.8 Å². The van der Waals surface area contributed by atoms with Crippen LogP contribution in [0.2, 0.25) is 0 Å². The number of benzene rings is 2. The second kappa shape index (κ2) is 9.32. The number of thiazole rings is 1. The predicted molar refractivity (Wildman–Crippen MR) is 116 cm³/mol. The van der Waals surface area contributed by atoms with E-state index in [4.69, 9.17) is 9.84 Å². The second-order valence-electron chi connectivity index (χ2n) is 6.95. The molecule has 9 heteroatoms. The maximum Gasteiger partial charge on any atom is 0.416 e. The Morgan fingerprint density at radius 2 is 1.87 bits per heavy atom. The number of nitrogens with zero attached hydrogens (tertiary/aromatic N) is 1. The second-order valence-corrected chi connectivity index (χ2v) is 9.09. The van der Waals surface area contributed by atoms with Crippen LogP contribution < -0.4 is 4.74 Å². The molecule has 1 N–H and O–H groups in total. The maximum atomic E-state index is 13.0. The number of alkyl halides is 3. The number of aromatic nitrogens is 1. The first kappa shape index (κ1) is 23.1. The van der Waals surface area contributed by atoms with E-state index in [0.29, 0.717) is 22.1 Å². The lowest BCUT2D eigenvalue weighted by atomic mass is 10.1. The quantitative estimate of drug-likeness (QED) is 0.402. The van der Waals surface area contributed by atoms with E-state index in [-0.39, 0.29) is 12.2 Å². The first-order chi connectivity index (χ1) is 14.5. The van der Waals surface area contributed by atoms with Crippen LogP contribution in [-0.2, 0) is 16.7 Å². The van der Waals surface area contributed by atoms with E-state index in [0.717, 1.165) is 27.1 Å². The highest BCUT2D eigenvalue weighted by Gasteiger charge is 2.32. The van der Waals surface area contributed by atoms with Crippen LogP contribution in [0.25, 0.3) is 10.6 Å². The van der Waals surface area contributed by atoms with Crippen LogP contribution in [0.3, 0.4) is 0 Å². The van der Waals surface area contributed by atoms with Gasteiger partial charge in [0, 0.05) is 21.1 Å². The Kier molecular flexibility index (Phi) is 6.96. The molecular weight excluding hydrogens is 447 g/mol. The number of hydrogen-bond donors (Lipinski definition) is 1. The van der Waals surface area contributed by atoms with Crippen LogP contribution >= 0.6 is 23.1 Å². The molecular formula is C22H20F3NO3S2. The summed E-state index contributed by atoms with van der Waals surface area (Å²) in [4.78, 5) is 17.2. The van der Waals surface area contributed by atoms with Gasteiger partial charge in [-0.15, -0.1) is 23.1 Å². The molecule has 2 aromatic carbocycles. The molecule has 164 valence electrons. The molecule has 0 aliphatic carbocycles. The fraction of sp³-hybridized carbons (Fsp3) is 0.273. The number of ether oxygens (including phenoxy) is 1. The van der Waals surface area contributed by atoms with Crippen molar-refractivity contribution in [2.45, 2.75) is 37.6 Å². The summed E-state index contributed by atoms with van der Waals surface area (Å²) in [5.41, 5.74) is 1.91. The zero-order valence-electron chi connectivity index (χ0n) is 17.0. The van der Waals surface area contributed by atoms with Gasteiger partial charge in [-0.3, -0.25) is 0 Å². The van der Waals surface area contributed by atoms with E-state index < -0.39 is 17.7 Å². The molecule has 0 fully saturated rings. The van der Waals surface area contributed by atoms with Gasteiger partial charge in [-0.2, -0.15) is 13.2 Å². The van der Waals surface area contributed by atoms with Gasteiger partial charge in [0.2, 0.25) is 0 Å². The molecule has 0 spiro atoms. The van der Waals surface area contributed by atoms with Crippen LogP contribution in [-0.4, -0.2) is 22.7 Å². The Labute approximate surface area is 186 Å². The van der Waals surface area contributed by atoms with Gasteiger partial charge in [-0.25, -0.2) is 9.78 Å². The largest absolute Gasteiger partial charge is 0.482 e. The van der Waals surface area contributed by atoms with Crippen molar-refractivity contribution in [2.24, 2.45) is 0 Å². The van der Waals surface area contributed by atoms with Crippen LogP contribution in [0.5, 0.6) is 5.75 Å². The summed E-state index contributed by atoms with van der Waals surface area (Å²) >= 11 is 3.07. The van der Waals surface area contributed by atoms with E-state index in [2.05, 4.69) is 4.98 Å². The van der Waals surface area contributed by atoms with Crippen molar-refractivity contribution in [3.8, 4) is 16.3 Å². The number of rotatable bonds is 7. The molecule has 0 aliphatic heterocycles. The van der Waals surface area contributed by atoms with Crippen LogP contribution in [0.15, 0.2) is 41.3 Å². The molecule has 1 heterocycles. The van der Waals surface area contributed by atoms with Crippen molar-refractivity contribution in [3.63, 3.8) is 0 Å². The molecule has 31 heavy (non-hydrogen) atoms. The van der Waals surface area contributed by atoms with Gasteiger partial charge >= 0.3 is 12.1 Å². The summed E-state index contributed by atoms with van der Waals surface area (Å²) < 4.78 is 44.2. The third-order valence-electron chi connectivity index (χ3n) is 4.54. The van der Waals surface area contributed by atoms with Gasteiger partial charge in [-0.1, -0.05) is 6.07 Å².